The van der Waals surface area contributed by atoms with Crippen molar-refractivity contribution in [3.05, 3.63) is 42.5 Å². The van der Waals surface area contributed by atoms with E-state index in [2.05, 4.69) is 20.3 Å². The first-order valence-corrected chi connectivity index (χ1v) is 11.9. The van der Waals surface area contributed by atoms with Crippen LogP contribution in [0.3, 0.4) is 0 Å². The summed E-state index contributed by atoms with van der Waals surface area (Å²) >= 11 is 1.10. The zero-order valence-corrected chi connectivity index (χ0v) is 19.0. The van der Waals surface area contributed by atoms with E-state index in [4.69, 9.17) is 9.47 Å². The number of rotatable bonds is 9. The number of esters is 1. The molecule has 170 valence electrons. The van der Waals surface area contributed by atoms with Crippen LogP contribution in [0.15, 0.2) is 47.4 Å². The van der Waals surface area contributed by atoms with Crippen LogP contribution >= 0.6 is 11.3 Å². The number of ether oxygens (including phenoxy) is 2. The van der Waals surface area contributed by atoms with E-state index in [0.717, 1.165) is 11.3 Å². The molecule has 0 aliphatic heterocycles. The highest BCUT2D eigenvalue weighted by Gasteiger charge is 2.18. The van der Waals surface area contributed by atoms with Gasteiger partial charge in [-0.1, -0.05) is 29.5 Å². The van der Waals surface area contributed by atoms with Crippen LogP contribution in [-0.4, -0.2) is 45.7 Å². The van der Waals surface area contributed by atoms with Gasteiger partial charge < -0.3 is 20.1 Å². The molecule has 0 unspecified atom stereocenters. The molecule has 0 atom stereocenters. The molecular formula is C20H22N4O6S2. The van der Waals surface area contributed by atoms with Gasteiger partial charge in [-0.05, 0) is 25.1 Å². The van der Waals surface area contributed by atoms with Crippen LogP contribution in [0.1, 0.15) is 13.3 Å². The quantitative estimate of drug-likeness (QED) is 0.402. The van der Waals surface area contributed by atoms with E-state index in [0.29, 0.717) is 21.7 Å². The Morgan fingerprint density at radius 3 is 2.59 bits per heavy atom. The average Bonchev–Trinajstić information content (AvgIpc) is 3.15. The van der Waals surface area contributed by atoms with Crippen molar-refractivity contribution in [3.63, 3.8) is 0 Å². The second-order valence-corrected chi connectivity index (χ2v) is 9.11. The van der Waals surface area contributed by atoms with Gasteiger partial charge >= 0.3 is 12.0 Å². The molecule has 0 radical (unpaired) electrons. The predicted molar refractivity (Wildman–Crippen MR) is 122 cm³/mol. The molecule has 0 aliphatic carbocycles. The molecule has 3 rings (SSSR count). The summed E-state index contributed by atoms with van der Waals surface area (Å²) in [7, 11) is -2.34. The molecule has 3 N–H and O–H groups in total. The molecule has 0 bridgehead atoms. The number of methoxy groups -OCH3 is 1. The van der Waals surface area contributed by atoms with E-state index < -0.39 is 22.0 Å². The first-order chi connectivity index (χ1) is 15.3. The lowest BCUT2D eigenvalue weighted by Crippen LogP contribution is -2.30. The van der Waals surface area contributed by atoms with Crippen LogP contribution in [0.2, 0.25) is 0 Å². The Balaban J connectivity index is 1.74. The SMILES string of the molecule is CCOC(=O)CCNC(=O)Nc1cc(OC)c2nc(NS(=O)(=O)c3ccccc3)sc2c1. The Kier molecular flexibility index (Phi) is 7.49. The Morgan fingerprint density at radius 1 is 1.16 bits per heavy atom. The van der Waals surface area contributed by atoms with Crippen LogP contribution in [0.5, 0.6) is 5.75 Å². The molecule has 3 aromatic rings. The number of fused-ring (bicyclic) bond motifs is 1. The van der Waals surface area contributed by atoms with Crippen molar-refractivity contribution in [2.75, 3.05) is 30.3 Å². The molecule has 10 nitrogen and oxygen atoms in total. The van der Waals surface area contributed by atoms with Crippen molar-refractivity contribution in [3.8, 4) is 5.75 Å². The molecule has 0 spiro atoms. The number of thiazole rings is 1. The number of aromatic nitrogens is 1. The van der Waals surface area contributed by atoms with Gasteiger partial charge in [0.15, 0.2) is 5.13 Å². The minimum Gasteiger partial charge on any atom is -0.494 e. The molecule has 1 aromatic heterocycles. The van der Waals surface area contributed by atoms with E-state index in [9.17, 15) is 18.0 Å². The van der Waals surface area contributed by atoms with Crippen LogP contribution < -0.4 is 20.1 Å². The lowest BCUT2D eigenvalue weighted by molar-refractivity contribution is -0.142. The van der Waals surface area contributed by atoms with Crippen molar-refractivity contribution < 1.29 is 27.5 Å². The number of hydrogen-bond acceptors (Lipinski definition) is 8. The summed E-state index contributed by atoms with van der Waals surface area (Å²) in [6, 6.07) is 10.7. The number of carbonyl (C=O) groups is 2. The number of nitrogens with one attached hydrogen (secondary N) is 3. The number of anilines is 2. The zero-order valence-electron chi connectivity index (χ0n) is 17.4. The van der Waals surface area contributed by atoms with Crippen molar-refractivity contribution >= 4 is 54.4 Å². The second kappa shape index (κ2) is 10.3. The summed E-state index contributed by atoms with van der Waals surface area (Å²) in [6.07, 6.45) is 0.0589. The largest absolute Gasteiger partial charge is 0.494 e. The van der Waals surface area contributed by atoms with Gasteiger partial charge in [0.1, 0.15) is 11.3 Å². The highest BCUT2D eigenvalue weighted by molar-refractivity contribution is 7.93. The molecule has 2 aromatic carbocycles. The molecule has 0 fully saturated rings. The summed E-state index contributed by atoms with van der Waals surface area (Å²) in [5, 5.41) is 5.39. The normalized spacial score (nSPS) is 11.1. The van der Waals surface area contributed by atoms with E-state index >= 15 is 0 Å². The average molecular weight is 479 g/mol. The summed E-state index contributed by atoms with van der Waals surface area (Å²) in [5.74, 6) is -0.0308. The topological polar surface area (TPSA) is 136 Å². The van der Waals surface area contributed by atoms with Crippen LogP contribution in [0.25, 0.3) is 10.2 Å². The van der Waals surface area contributed by atoms with Gasteiger partial charge in [0.25, 0.3) is 10.0 Å². The summed E-state index contributed by atoms with van der Waals surface area (Å²) in [6.45, 7) is 2.11. The first-order valence-electron chi connectivity index (χ1n) is 9.59. The zero-order chi connectivity index (χ0) is 23.1. The maximum atomic E-state index is 12.6. The minimum atomic E-state index is -3.79. The standard InChI is InChI=1S/C20H22N4O6S2/c1-3-30-17(25)9-10-21-19(26)22-13-11-15(29-2)18-16(12-13)31-20(23-18)24-32(27,28)14-7-5-4-6-8-14/h4-8,11-12H,3,9-10H2,1-2H3,(H,23,24)(H2,21,22,26). The molecular weight excluding hydrogens is 456 g/mol. The van der Waals surface area contributed by atoms with Gasteiger partial charge in [-0.2, -0.15) is 0 Å². The number of benzene rings is 2. The van der Waals surface area contributed by atoms with E-state index in [1.54, 1.807) is 37.3 Å². The lowest BCUT2D eigenvalue weighted by atomic mass is 10.2. The number of sulfonamides is 1. The van der Waals surface area contributed by atoms with Crippen LogP contribution in [-0.2, 0) is 19.6 Å². The van der Waals surface area contributed by atoms with E-state index in [1.165, 1.54) is 19.2 Å². The summed E-state index contributed by atoms with van der Waals surface area (Å²) < 4.78 is 38.4. The monoisotopic (exact) mass is 478 g/mol. The summed E-state index contributed by atoms with van der Waals surface area (Å²) in [5.41, 5.74) is 0.876. The Morgan fingerprint density at radius 2 is 1.91 bits per heavy atom. The molecule has 1 heterocycles. The van der Waals surface area contributed by atoms with Gasteiger partial charge in [-0.15, -0.1) is 0 Å². The maximum Gasteiger partial charge on any atom is 0.319 e. The second-order valence-electron chi connectivity index (χ2n) is 6.40. The van der Waals surface area contributed by atoms with Crippen molar-refractivity contribution in [2.45, 2.75) is 18.2 Å². The number of carbonyl (C=O) groups excluding carboxylic acids is 2. The lowest BCUT2D eigenvalue weighted by Gasteiger charge is -2.09. The van der Waals surface area contributed by atoms with E-state index in [1.807, 2.05) is 0 Å². The maximum absolute atomic E-state index is 12.6. The summed E-state index contributed by atoms with van der Waals surface area (Å²) in [4.78, 5) is 27.9. The number of amides is 2. The molecule has 2 amide bonds. The van der Waals surface area contributed by atoms with Crippen molar-refractivity contribution in [1.82, 2.24) is 10.3 Å². The number of nitrogens with zero attached hydrogens (tertiary/aromatic N) is 1. The minimum absolute atomic E-state index is 0.0589. The van der Waals surface area contributed by atoms with Gasteiger partial charge in [-0.25, -0.2) is 18.2 Å². The highest BCUT2D eigenvalue weighted by Crippen LogP contribution is 2.36. The molecule has 0 aliphatic rings. The molecule has 0 saturated carbocycles. The van der Waals surface area contributed by atoms with Gasteiger partial charge in [0.2, 0.25) is 0 Å². The third-order valence-corrected chi connectivity index (χ3v) is 6.53. The van der Waals surface area contributed by atoms with Gasteiger partial charge in [-0.3, -0.25) is 9.52 Å². The first kappa shape index (κ1) is 23.3. The third kappa shape index (κ3) is 5.86. The Hall–Kier alpha value is -3.38. The fourth-order valence-electron chi connectivity index (χ4n) is 2.73. The number of hydrogen-bond donors (Lipinski definition) is 3. The fraction of sp³-hybridized carbons (Fsp3) is 0.250. The van der Waals surface area contributed by atoms with Crippen molar-refractivity contribution in [1.29, 1.82) is 0 Å². The molecule has 32 heavy (non-hydrogen) atoms. The smallest absolute Gasteiger partial charge is 0.319 e. The predicted octanol–water partition coefficient (Wildman–Crippen LogP) is 3.18. The van der Waals surface area contributed by atoms with Crippen LogP contribution in [0, 0.1) is 0 Å². The van der Waals surface area contributed by atoms with E-state index in [-0.39, 0.29) is 29.6 Å². The van der Waals surface area contributed by atoms with Crippen molar-refractivity contribution in [2.24, 2.45) is 0 Å². The molecule has 12 heteroatoms. The van der Waals surface area contributed by atoms with Gasteiger partial charge in [0.05, 0.1) is 29.7 Å². The number of urea groups is 1. The Labute approximate surface area is 189 Å². The molecule has 0 saturated heterocycles. The fourth-order valence-corrected chi connectivity index (χ4v) is 4.91. The van der Waals surface area contributed by atoms with Gasteiger partial charge in [0, 0.05) is 18.3 Å². The Bertz CT molecular complexity index is 1210. The third-order valence-electron chi connectivity index (χ3n) is 4.13. The van der Waals surface area contributed by atoms with Crippen LogP contribution in [0.4, 0.5) is 15.6 Å². The highest BCUT2D eigenvalue weighted by atomic mass is 32.2.